The van der Waals surface area contributed by atoms with E-state index in [4.69, 9.17) is 16.9 Å². The van der Waals surface area contributed by atoms with E-state index in [1.54, 1.807) is 18.2 Å². The van der Waals surface area contributed by atoms with E-state index in [0.29, 0.717) is 16.3 Å². The largest absolute Gasteiger partial charge is 0.325 e. The van der Waals surface area contributed by atoms with Gasteiger partial charge in [-0.05, 0) is 31.0 Å². The number of carbonyl (C=O) groups is 1. The summed E-state index contributed by atoms with van der Waals surface area (Å²) >= 11 is 5.84. The summed E-state index contributed by atoms with van der Waals surface area (Å²) in [5.74, 6) is -0.0886. The molecule has 1 aromatic rings. The second-order valence-corrected chi connectivity index (χ2v) is 4.24. The van der Waals surface area contributed by atoms with Gasteiger partial charge in [-0.25, -0.2) is 0 Å². The summed E-state index contributed by atoms with van der Waals surface area (Å²) in [6.45, 7) is 3.94. The predicted molar refractivity (Wildman–Crippen MR) is 68.9 cm³/mol. The number of amides is 1. The maximum absolute atomic E-state index is 11.9. The molecule has 0 aliphatic heterocycles. The zero-order valence-electron chi connectivity index (χ0n) is 9.96. The topological polar surface area (TPSA) is 52.9 Å². The Bertz CT molecular complexity index is 447. The van der Waals surface area contributed by atoms with Crippen molar-refractivity contribution in [1.29, 1.82) is 5.26 Å². The maximum Gasteiger partial charge on any atom is 0.227 e. The molecule has 1 N–H and O–H groups in total. The third-order valence-corrected chi connectivity index (χ3v) is 2.95. The second-order valence-electron chi connectivity index (χ2n) is 3.80. The molecule has 4 heteroatoms. The Morgan fingerprint density at radius 2 is 2.12 bits per heavy atom. The van der Waals surface area contributed by atoms with Gasteiger partial charge in [0.1, 0.15) is 6.07 Å². The molecule has 17 heavy (non-hydrogen) atoms. The summed E-state index contributed by atoms with van der Waals surface area (Å²) < 4.78 is 0. The molecule has 0 aliphatic rings. The molecular formula is C13H15ClN2O. The van der Waals surface area contributed by atoms with E-state index in [2.05, 4.69) is 5.32 Å². The van der Waals surface area contributed by atoms with Gasteiger partial charge in [-0.2, -0.15) is 5.26 Å². The van der Waals surface area contributed by atoms with Crippen molar-refractivity contribution >= 4 is 23.2 Å². The van der Waals surface area contributed by atoms with Crippen molar-refractivity contribution in [3.05, 3.63) is 28.8 Å². The van der Waals surface area contributed by atoms with E-state index in [9.17, 15) is 4.79 Å². The van der Waals surface area contributed by atoms with Gasteiger partial charge in [-0.3, -0.25) is 4.79 Å². The number of benzene rings is 1. The summed E-state index contributed by atoms with van der Waals surface area (Å²) in [5, 5.41) is 12.2. The zero-order chi connectivity index (χ0) is 12.8. The Labute approximate surface area is 106 Å². The minimum atomic E-state index is -0.0613. The van der Waals surface area contributed by atoms with Crippen LogP contribution < -0.4 is 5.32 Å². The normalized spacial score (nSPS) is 10.1. The first-order chi connectivity index (χ1) is 8.12. The van der Waals surface area contributed by atoms with Gasteiger partial charge in [0.15, 0.2) is 0 Å². The molecule has 1 rings (SSSR count). The van der Waals surface area contributed by atoms with Crippen LogP contribution in [0.25, 0.3) is 0 Å². The van der Waals surface area contributed by atoms with E-state index in [-0.39, 0.29) is 11.8 Å². The summed E-state index contributed by atoms with van der Waals surface area (Å²) in [7, 11) is 0. The van der Waals surface area contributed by atoms with Crippen LogP contribution in [0.1, 0.15) is 32.3 Å². The van der Waals surface area contributed by atoms with Gasteiger partial charge in [0, 0.05) is 10.9 Å². The Balaban J connectivity index is 2.91. The van der Waals surface area contributed by atoms with E-state index in [0.717, 1.165) is 12.8 Å². The molecule has 1 aromatic carbocycles. The monoisotopic (exact) mass is 250 g/mol. The molecule has 0 aliphatic carbocycles. The highest BCUT2D eigenvalue weighted by molar-refractivity contribution is 6.31. The number of rotatable bonds is 4. The van der Waals surface area contributed by atoms with Crippen molar-refractivity contribution in [3.63, 3.8) is 0 Å². The Morgan fingerprint density at radius 1 is 1.47 bits per heavy atom. The van der Waals surface area contributed by atoms with Crippen LogP contribution in [-0.4, -0.2) is 5.91 Å². The van der Waals surface area contributed by atoms with Crippen molar-refractivity contribution in [2.24, 2.45) is 5.92 Å². The van der Waals surface area contributed by atoms with Crippen LogP contribution in [0.2, 0.25) is 5.02 Å². The molecule has 0 saturated heterocycles. The van der Waals surface area contributed by atoms with Gasteiger partial charge in [0.2, 0.25) is 5.91 Å². The van der Waals surface area contributed by atoms with Crippen LogP contribution in [0.5, 0.6) is 0 Å². The maximum atomic E-state index is 11.9. The number of hydrogen-bond acceptors (Lipinski definition) is 2. The summed E-state index contributed by atoms with van der Waals surface area (Å²) in [4.78, 5) is 11.9. The van der Waals surface area contributed by atoms with Crippen molar-refractivity contribution in [1.82, 2.24) is 0 Å². The number of carbonyl (C=O) groups excluding carboxylic acids is 1. The lowest BCUT2D eigenvalue weighted by molar-refractivity contribution is -0.120. The number of nitriles is 1. The van der Waals surface area contributed by atoms with E-state index in [1.165, 1.54) is 0 Å². The number of nitrogens with one attached hydrogen (secondary N) is 1. The van der Waals surface area contributed by atoms with Crippen LogP contribution in [0, 0.1) is 17.2 Å². The third-order valence-electron chi connectivity index (χ3n) is 2.72. The lowest BCUT2D eigenvalue weighted by Crippen LogP contribution is -2.22. The van der Waals surface area contributed by atoms with Gasteiger partial charge in [-0.1, -0.05) is 25.4 Å². The quantitative estimate of drug-likeness (QED) is 0.888. The standard InChI is InChI=1S/C13H15ClN2O/c1-3-9(4-2)13(17)16-12-7-11(14)6-5-10(12)8-15/h5-7,9H,3-4H2,1-2H3,(H,16,17). The SMILES string of the molecule is CCC(CC)C(=O)Nc1cc(Cl)ccc1C#N. The molecule has 0 saturated carbocycles. The fraction of sp³-hybridized carbons (Fsp3) is 0.385. The molecular weight excluding hydrogens is 236 g/mol. The van der Waals surface area contributed by atoms with Gasteiger partial charge in [-0.15, -0.1) is 0 Å². The molecule has 0 heterocycles. The smallest absolute Gasteiger partial charge is 0.227 e. The van der Waals surface area contributed by atoms with Crippen molar-refractivity contribution in [2.45, 2.75) is 26.7 Å². The number of hydrogen-bond donors (Lipinski definition) is 1. The highest BCUT2D eigenvalue weighted by atomic mass is 35.5. The van der Waals surface area contributed by atoms with Gasteiger partial charge in [0.25, 0.3) is 0 Å². The van der Waals surface area contributed by atoms with Crippen LogP contribution >= 0.6 is 11.6 Å². The molecule has 0 aromatic heterocycles. The molecule has 3 nitrogen and oxygen atoms in total. The Morgan fingerprint density at radius 3 is 2.65 bits per heavy atom. The number of nitrogens with zero attached hydrogens (tertiary/aromatic N) is 1. The average Bonchev–Trinajstić information content (AvgIpc) is 2.31. The van der Waals surface area contributed by atoms with E-state index >= 15 is 0 Å². The molecule has 0 fully saturated rings. The van der Waals surface area contributed by atoms with Crippen molar-refractivity contribution in [3.8, 4) is 6.07 Å². The van der Waals surface area contributed by atoms with Crippen LogP contribution in [-0.2, 0) is 4.79 Å². The van der Waals surface area contributed by atoms with Crippen molar-refractivity contribution < 1.29 is 4.79 Å². The lowest BCUT2D eigenvalue weighted by Gasteiger charge is -2.13. The first kappa shape index (κ1) is 13.5. The molecule has 0 bridgehead atoms. The highest BCUT2D eigenvalue weighted by Gasteiger charge is 2.15. The molecule has 90 valence electrons. The molecule has 0 atom stereocenters. The van der Waals surface area contributed by atoms with Crippen LogP contribution in [0.15, 0.2) is 18.2 Å². The first-order valence-corrected chi connectivity index (χ1v) is 6.00. The average molecular weight is 251 g/mol. The van der Waals surface area contributed by atoms with E-state index < -0.39 is 0 Å². The van der Waals surface area contributed by atoms with Gasteiger partial charge >= 0.3 is 0 Å². The van der Waals surface area contributed by atoms with Gasteiger partial charge < -0.3 is 5.32 Å². The molecule has 0 unspecified atom stereocenters. The number of halogens is 1. The zero-order valence-corrected chi connectivity index (χ0v) is 10.7. The minimum Gasteiger partial charge on any atom is -0.325 e. The highest BCUT2D eigenvalue weighted by Crippen LogP contribution is 2.21. The van der Waals surface area contributed by atoms with Crippen molar-refractivity contribution in [2.75, 3.05) is 5.32 Å². The first-order valence-electron chi connectivity index (χ1n) is 5.62. The third kappa shape index (κ3) is 3.47. The lowest BCUT2D eigenvalue weighted by atomic mass is 10.0. The fourth-order valence-electron chi connectivity index (χ4n) is 1.61. The molecule has 1 amide bonds. The molecule has 0 radical (unpaired) electrons. The summed E-state index contributed by atoms with van der Waals surface area (Å²) in [6, 6.07) is 6.86. The minimum absolute atomic E-state index is 0.0273. The van der Waals surface area contributed by atoms with E-state index in [1.807, 2.05) is 19.9 Å². The summed E-state index contributed by atoms with van der Waals surface area (Å²) in [6.07, 6.45) is 1.57. The van der Waals surface area contributed by atoms with Crippen LogP contribution in [0.3, 0.4) is 0 Å². The predicted octanol–water partition coefficient (Wildman–Crippen LogP) is 3.59. The summed E-state index contributed by atoms with van der Waals surface area (Å²) in [5.41, 5.74) is 0.908. The Hall–Kier alpha value is -1.53. The molecule has 0 spiro atoms. The fourth-order valence-corrected chi connectivity index (χ4v) is 1.78. The second kappa shape index (κ2) is 6.27. The number of anilines is 1. The Kier molecular flexibility index (Phi) is 4.99. The van der Waals surface area contributed by atoms with Gasteiger partial charge in [0.05, 0.1) is 11.3 Å². The van der Waals surface area contributed by atoms with Crippen LogP contribution in [0.4, 0.5) is 5.69 Å².